The molecule has 0 unspecified atom stereocenters. The van der Waals surface area contributed by atoms with E-state index in [-0.39, 0.29) is 17.5 Å². The second kappa shape index (κ2) is 8.05. The highest BCUT2D eigenvalue weighted by atomic mass is 35.5. The first-order valence-corrected chi connectivity index (χ1v) is 8.12. The van der Waals surface area contributed by atoms with Gasteiger partial charge in [-0.1, -0.05) is 17.7 Å². The third-order valence-corrected chi connectivity index (χ3v) is 3.89. The van der Waals surface area contributed by atoms with E-state index in [0.717, 1.165) is 12.1 Å². The summed E-state index contributed by atoms with van der Waals surface area (Å²) in [5.41, 5.74) is 0.209. The van der Waals surface area contributed by atoms with Gasteiger partial charge < -0.3 is 20.1 Å². The Morgan fingerprint density at radius 3 is 2.33 bits per heavy atom. The van der Waals surface area contributed by atoms with Crippen LogP contribution in [0.4, 0.5) is 31.9 Å². The second-order valence-corrected chi connectivity index (χ2v) is 5.71. The van der Waals surface area contributed by atoms with Crippen molar-refractivity contribution in [2.45, 2.75) is 0 Å². The molecule has 2 N–H and O–H groups in total. The van der Waals surface area contributed by atoms with Gasteiger partial charge in [0, 0.05) is 18.3 Å². The summed E-state index contributed by atoms with van der Waals surface area (Å²) >= 11 is 6.08. The summed E-state index contributed by atoms with van der Waals surface area (Å²) in [6.07, 6.45) is 1.44. The average Bonchev–Trinajstić information content (AvgIpc) is 2.66. The predicted molar refractivity (Wildman–Crippen MR) is 99.5 cm³/mol. The van der Waals surface area contributed by atoms with Crippen molar-refractivity contribution in [3.05, 3.63) is 59.3 Å². The standard InChI is InChI=1S/C18H15ClF2N4O2/c1-26-14-9-13(15(27-2)8-10(14)19)23-18-22-7-6-16(25-18)24-17-11(20)4-3-5-12(17)21/h3-9H,1-2H3,(H2,22,23,24,25). The predicted octanol–water partition coefficient (Wildman–Crippen LogP) is 4.91. The van der Waals surface area contributed by atoms with Crippen LogP contribution in [0.1, 0.15) is 0 Å². The SMILES string of the molecule is COc1cc(Nc2nccc(Nc3c(F)cccc3F)n2)c(OC)cc1Cl. The number of nitrogens with zero attached hydrogens (tertiary/aromatic N) is 2. The zero-order valence-electron chi connectivity index (χ0n) is 14.4. The summed E-state index contributed by atoms with van der Waals surface area (Å²) in [5, 5.41) is 5.96. The number of hydrogen-bond donors (Lipinski definition) is 2. The first kappa shape index (κ1) is 18.7. The monoisotopic (exact) mass is 392 g/mol. The van der Waals surface area contributed by atoms with E-state index in [2.05, 4.69) is 20.6 Å². The van der Waals surface area contributed by atoms with Gasteiger partial charge in [0.1, 0.15) is 34.6 Å². The summed E-state index contributed by atoms with van der Waals surface area (Å²) in [7, 11) is 2.98. The van der Waals surface area contributed by atoms with Gasteiger partial charge >= 0.3 is 0 Å². The highest BCUT2D eigenvalue weighted by Crippen LogP contribution is 2.37. The lowest BCUT2D eigenvalue weighted by Gasteiger charge is -2.14. The van der Waals surface area contributed by atoms with Gasteiger partial charge in [0.2, 0.25) is 5.95 Å². The molecule has 1 aromatic heterocycles. The summed E-state index contributed by atoms with van der Waals surface area (Å²) < 4.78 is 38.1. The molecule has 0 amide bonds. The van der Waals surface area contributed by atoms with E-state index in [1.807, 2.05) is 0 Å². The van der Waals surface area contributed by atoms with Gasteiger partial charge in [-0.3, -0.25) is 0 Å². The maximum Gasteiger partial charge on any atom is 0.229 e. The van der Waals surface area contributed by atoms with E-state index in [1.165, 1.54) is 32.5 Å². The van der Waals surface area contributed by atoms with Crippen LogP contribution in [-0.4, -0.2) is 24.2 Å². The summed E-state index contributed by atoms with van der Waals surface area (Å²) in [4.78, 5) is 8.30. The van der Waals surface area contributed by atoms with Gasteiger partial charge in [-0.2, -0.15) is 4.98 Å². The first-order valence-electron chi connectivity index (χ1n) is 7.74. The normalized spacial score (nSPS) is 10.4. The molecule has 2 aromatic carbocycles. The Morgan fingerprint density at radius 2 is 1.67 bits per heavy atom. The minimum Gasteiger partial charge on any atom is -0.495 e. The largest absolute Gasteiger partial charge is 0.495 e. The average molecular weight is 393 g/mol. The molecule has 6 nitrogen and oxygen atoms in total. The van der Waals surface area contributed by atoms with Gasteiger partial charge in [-0.15, -0.1) is 0 Å². The van der Waals surface area contributed by atoms with Gasteiger partial charge in [0.15, 0.2) is 0 Å². The lowest BCUT2D eigenvalue weighted by atomic mass is 10.2. The van der Waals surface area contributed by atoms with Crippen molar-refractivity contribution in [1.82, 2.24) is 9.97 Å². The van der Waals surface area contributed by atoms with Crippen LogP contribution in [-0.2, 0) is 0 Å². The van der Waals surface area contributed by atoms with Gasteiger partial charge in [-0.25, -0.2) is 13.8 Å². The van der Waals surface area contributed by atoms with Gasteiger partial charge in [0.05, 0.1) is 24.9 Å². The smallest absolute Gasteiger partial charge is 0.229 e. The molecule has 0 fully saturated rings. The number of methoxy groups -OCH3 is 2. The first-order chi connectivity index (χ1) is 13.0. The number of para-hydroxylation sites is 1. The number of rotatable bonds is 6. The molecule has 0 aliphatic carbocycles. The van der Waals surface area contributed by atoms with E-state index < -0.39 is 11.6 Å². The number of benzene rings is 2. The molecule has 0 saturated heterocycles. The molecule has 3 aromatic rings. The molecule has 0 atom stereocenters. The van der Waals surface area contributed by atoms with Crippen molar-refractivity contribution in [3.63, 3.8) is 0 Å². The zero-order chi connectivity index (χ0) is 19.4. The van der Waals surface area contributed by atoms with E-state index in [9.17, 15) is 8.78 Å². The molecule has 0 bridgehead atoms. The molecular weight excluding hydrogens is 378 g/mol. The molecular formula is C18H15ClF2N4O2. The Hall–Kier alpha value is -3.13. The minimum atomic E-state index is -0.729. The Kier molecular flexibility index (Phi) is 5.56. The van der Waals surface area contributed by atoms with Crippen LogP contribution in [0.2, 0.25) is 5.02 Å². The van der Waals surface area contributed by atoms with Crippen molar-refractivity contribution in [2.24, 2.45) is 0 Å². The Balaban J connectivity index is 1.89. The van der Waals surface area contributed by atoms with Crippen LogP contribution >= 0.6 is 11.6 Å². The number of ether oxygens (including phenoxy) is 2. The summed E-state index contributed by atoms with van der Waals surface area (Å²) in [6.45, 7) is 0. The highest BCUT2D eigenvalue weighted by Gasteiger charge is 2.13. The molecule has 140 valence electrons. The molecule has 3 rings (SSSR count). The number of nitrogens with one attached hydrogen (secondary N) is 2. The van der Waals surface area contributed by atoms with Crippen LogP contribution in [0, 0.1) is 11.6 Å². The lowest BCUT2D eigenvalue weighted by Crippen LogP contribution is -2.03. The van der Waals surface area contributed by atoms with Crippen molar-refractivity contribution >= 4 is 34.7 Å². The fourth-order valence-electron chi connectivity index (χ4n) is 2.31. The zero-order valence-corrected chi connectivity index (χ0v) is 15.1. The molecule has 1 heterocycles. The van der Waals surface area contributed by atoms with Crippen LogP contribution in [0.5, 0.6) is 11.5 Å². The lowest BCUT2D eigenvalue weighted by molar-refractivity contribution is 0.405. The molecule has 0 saturated carbocycles. The number of anilines is 4. The molecule has 27 heavy (non-hydrogen) atoms. The van der Waals surface area contributed by atoms with Crippen molar-refractivity contribution in [3.8, 4) is 11.5 Å². The molecule has 0 aliphatic heterocycles. The van der Waals surface area contributed by atoms with Crippen LogP contribution < -0.4 is 20.1 Å². The Morgan fingerprint density at radius 1 is 0.963 bits per heavy atom. The van der Waals surface area contributed by atoms with Crippen molar-refractivity contribution < 1.29 is 18.3 Å². The van der Waals surface area contributed by atoms with E-state index in [0.29, 0.717) is 22.2 Å². The second-order valence-electron chi connectivity index (χ2n) is 5.30. The van der Waals surface area contributed by atoms with Crippen molar-refractivity contribution in [1.29, 1.82) is 0 Å². The third-order valence-electron chi connectivity index (χ3n) is 3.59. The fourth-order valence-corrected chi connectivity index (χ4v) is 2.54. The number of hydrogen-bond acceptors (Lipinski definition) is 6. The summed E-state index contributed by atoms with van der Waals surface area (Å²) in [5.74, 6) is -0.194. The Labute approximate surface area is 159 Å². The maximum atomic E-state index is 13.8. The van der Waals surface area contributed by atoms with Crippen LogP contribution in [0.25, 0.3) is 0 Å². The van der Waals surface area contributed by atoms with Crippen LogP contribution in [0.3, 0.4) is 0 Å². The Bertz CT molecular complexity index is 952. The maximum absolute atomic E-state index is 13.8. The van der Waals surface area contributed by atoms with E-state index in [1.54, 1.807) is 12.1 Å². The van der Waals surface area contributed by atoms with Crippen LogP contribution in [0.15, 0.2) is 42.6 Å². The van der Waals surface area contributed by atoms with E-state index in [4.69, 9.17) is 21.1 Å². The summed E-state index contributed by atoms with van der Waals surface area (Å²) in [6, 6.07) is 8.27. The third kappa shape index (κ3) is 4.17. The number of halogens is 3. The molecule has 0 spiro atoms. The van der Waals surface area contributed by atoms with E-state index >= 15 is 0 Å². The fraction of sp³-hybridized carbons (Fsp3) is 0.111. The topological polar surface area (TPSA) is 68.3 Å². The number of aromatic nitrogens is 2. The molecule has 0 aliphatic rings. The highest BCUT2D eigenvalue weighted by molar-refractivity contribution is 6.32. The quantitative estimate of drug-likeness (QED) is 0.621. The molecule has 9 heteroatoms. The van der Waals surface area contributed by atoms with Gasteiger partial charge in [0.25, 0.3) is 0 Å². The van der Waals surface area contributed by atoms with Crippen molar-refractivity contribution in [2.75, 3.05) is 24.9 Å². The van der Waals surface area contributed by atoms with Gasteiger partial charge in [-0.05, 0) is 18.2 Å². The molecule has 0 radical (unpaired) electrons. The minimum absolute atomic E-state index is 0.180.